The van der Waals surface area contributed by atoms with Crippen LogP contribution < -0.4 is 10.6 Å². The summed E-state index contributed by atoms with van der Waals surface area (Å²) in [6.45, 7) is 11.5. The molecule has 2 aliphatic rings. The van der Waals surface area contributed by atoms with Crippen LogP contribution in [0.25, 0.3) is 0 Å². The van der Waals surface area contributed by atoms with Crippen LogP contribution in [0.4, 0.5) is 11.6 Å². The lowest BCUT2D eigenvalue weighted by atomic mass is 9.82. The predicted molar refractivity (Wildman–Crippen MR) is 129 cm³/mol. The van der Waals surface area contributed by atoms with E-state index in [2.05, 4.69) is 49.4 Å². The van der Waals surface area contributed by atoms with E-state index in [1.54, 1.807) is 0 Å². The fourth-order valence-electron chi connectivity index (χ4n) is 5.31. The molecule has 0 aliphatic carbocycles. The molecule has 170 valence electrons. The van der Waals surface area contributed by atoms with Gasteiger partial charge in [0.1, 0.15) is 11.6 Å². The fourth-order valence-corrected chi connectivity index (χ4v) is 5.31. The van der Waals surface area contributed by atoms with Gasteiger partial charge in [0, 0.05) is 29.7 Å². The van der Waals surface area contributed by atoms with E-state index < -0.39 is 0 Å². The van der Waals surface area contributed by atoms with Crippen molar-refractivity contribution >= 4 is 17.5 Å². The monoisotopic (exact) mass is 433 g/mol. The number of likely N-dealkylation sites (tertiary alicyclic amines) is 1. The van der Waals surface area contributed by atoms with Crippen molar-refractivity contribution in [1.82, 2.24) is 20.2 Å². The van der Waals surface area contributed by atoms with E-state index in [0.717, 1.165) is 48.8 Å². The Morgan fingerprint density at radius 1 is 1.12 bits per heavy atom. The minimum atomic E-state index is -0.104. The van der Waals surface area contributed by atoms with Crippen LogP contribution in [0, 0.1) is 6.92 Å². The van der Waals surface area contributed by atoms with Crippen LogP contribution in [0.15, 0.2) is 48.0 Å². The molecule has 2 aliphatic heterocycles. The van der Waals surface area contributed by atoms with Gasteiger partial charge in [0.2, 0.25) is 5.91 Å². The Hall–Kier alpha value is -2.73. The first-order chi connectivity index (χ1) is 15.1. The standard InChI is InChI=1S/C26H35N5O/c1-18-9-6-12-22(27-18)29-23-13-7-10-20(28-23)21-11-8-14-31(21)24(32)15-19-16-25(2,3)30-26(4,5)17-19/h6-7,9-10,12-13,16,21,30H,8,11,14-15,17H2,1-5H3,(H,27,28,29). The largest absolute Gasteiger partial charge is 0.334 e. The summed E-state index contributed by atoms with van der Waals surface area (Å²) in [5, 5.41) is 6.94. The average Bonchev–Trinajstić information content (AvgIpc) is 3.16. The van der Waals surface area contributed by atoms with Gasteiger partial charge in [0.25, 0.3) is 0 Å². The van der Waals surface area contributed by atoms with Crippen molar-refractivity contribution in [1.29, 1.82) is 0 Å². The SMILES string of the molecule is Cc1cccc(Nc2cccc(C3CCCN3C(=O)CC3=CC(C)(C)NC(C)(C)C3)n2)n1. The first-order valence-corrected chi connectivity index (χ1v) is 11.6. The highest BCUT2D eigenvalue weighted by Gasteiger charge is 2.35. The number of amides is 1. The number of anilines is 2. The minimum absolute atomic E-state index is 0.0103. The lowest BCUT2D eigenvalue weighted by Crippen LogP contribution is -2.54. The van der Waals surface area contributed by atoms with Crippen molar-refractivity contribution in [3.05, 3.63) is 59.4 Å². The quantitative estimate of drug-likeness (QED) is 0.645. The molecule has 0 radical (unpaired) electrons. The van der Waals surface area contributed by atoms with Crippen molar-refractivity contribution in [3.8, 4) is 0 Å². The van der Waals surface area contributed by atoms with Gasteiger partial charge in [-0.25, -0.2) is 9.97 Å². The van der Waals surface area contributed by atoms with E-state index in [0.29, 0.717) is 6.42 Å². The van der Waals surface area contributed by atoms with E-state index in [4.69, 9.17) is 4.98 Å². The van der Waals surface area contributed by atoms with Crippen LogP contribution in [0.2, 0.25) is 0 Å². The molecule has 4 rings (SSSR count). The van der Waals surface area contributed by atoms with E-state index in [9.17, 15) is 4.79 Å². The van der Waals surface area contributed by atoms with Gasteiger partial charge in [0.05, 0.1) is 11.7 Å². The van der Waals surface area contributed by atoms with Gasteiger partial charge in [-0.2, -0.15) is 0 Å². The summed E-state index contributed by atoms with van der Waals surface area (Å²) in [7, 11) is 0. The van der Waals surface area contributed by atoms with Gasteiger partial charge in [0.15, 0.2) is 0 Å². The van der Waals surface area contributed by atoms with Crippen LogP contribution in [-0.4, -0.2) is 38.4 Å². The number of rotatable bonds is 5. The number of nitrogens with zero attached hydrogens (tertiary/aromatic N) is 3. The summed E-state index contributed by atoms with van der Waals surface area (Å²) in [6, 6.07) is 11.9. The zero-order chi connectivity index (χ0) is 22.9. The normalized spacial score (nSPS) is 21.8. The molecule has 1 fully saturated rings. The van der Waals surface area contributed by atoms with Crippen molar-refractivity contribution in [3.63, 3.8) is 0 Å². The lowest BCUT2D eigenvalue weighted by Gasteiger charge is -2.41. The maximum atomic E-state index is 13.3. The van der Waals surface area contributed by atoms with Crippen LogP contribution in [0.3, 0.4) is 0 Å². The summed E-state index contributed by atoms with van der Waals surface area (Å²) >= 11 is 0. The first kappa shape index (κ1) is 22.5. The molecule has 1 unspecified atom stereocenters. The van der Waals surface area contributed by atoms with Crippen molar-refractivity contribution < 1.29 is 4.79 Å². The molecule has 2 N–H and O–H groups in total. The second kappa shape index (κ2) is 8.66. The second-order valence-corrected chi connectivity index (χ2v) is 10.4. The van der Waals surface area contributed by atoms with Crippen LogP contribution in [0.5, 0.6) is 0 Å². The van der Waals surface area contributed by atoms with Gasteiger partial charge >= 0.3 is 0 Å². The third-order valence-corrected chi connectivity index (χ3v) is 6.10. The Balaban J connectivity index is 1.49. The molecule has 1 atom stereocenters. The minimum Gasteiger partial charge on any atom is -0.334 e. The number of carbonyl (C=O) groups excluding carboxylic acids is 1. The Morgan fingerprint density at radius 3 is 2.56 bits per heavy atom. The van der Waals surface area contributed by atoms with Gasteiger partial charge in [-0.1, -0.05) is 23.8 Å². The second-order valence-electron chi connectivity index (χ2n) is 10.4. The molecule has 2 aromatic heterocycles. The molecule has 1 saturated heterocycles. The van der Waals surface area contributed by atoms with E-state index in [1.165, 1.54) is 5.57 Å². The third kappa shape index (κ3) is 5.36. The average molecular weight is 434 g/mol. The van der Waals surface area contributed by atoms with Crippen LogP contribution in [-0.2, 0) is 4.79 Å². The molecule has 6 nitrogen and oxygen atoms in total. The molecule has 0 bridgehead atoms. The predicted octanol–water partition coefficient (Wildman–Crippen LogP) is 5.06. The number of nitrogens with one attached hydrogen (secondary N) is 2. The van der Waals surface area contributed by atoms with Gasteiger partial charge in [-0.3, -0.25) is 4.79 Å². The molecule has 4 heterocycles. The summed E-state index contributed by atoms with van der Waals surface area (Å²) in [5.41, 5.74) is 3.01. The molecular formula is C26H35N5O. The van der Waals surface area contributed by atoms with Gasteiger partial charge in [-0.05, 0) is 78.1 Å². The molecule has 32 heavy (non-hydrogen) atoms. The fraction of sp³-hybridized carbons (Fsp3) is 0.500. The Labute approximate surface area is 191 Å². The maximum absolute atomic E-state index is 13.3. The zero-order valence-corrected chi connectivity index (χ0v) is 19.9. The highest BCUT2D eigenvalue weighted by Crippen LogP contribution is 2.35. The summed E-state index contributed by atoms with van der Waals surface area (Å²) in [6.07, 6.45) is 5.56. The third-order valence-electron chi connectivity index (χ3n) is 6.10. The number of aromatic nitrogens is 2. The zero-order valence-electron chi connectivity index (χ0n) is 19.9. The molecular weight excluding hydrogens is 398 g/mol. The smallest absolute Gasteiger partial charge is 0.227 e. The van der Waals surface area contributed by atoms with E-state index >= 15 is 0 Å². The van der Waals surface area contributed by atoms with E-state index in [-0.39, 0.29) is 23.0 Å². The van der Waals surface area contributed by atoms with Crippen molar-refractivity contribution in [2.45, 2.75) is 77.4 Å². The number of hydrogen-bond donors (Lipinski definition) is 2. The van der Waals surface area contributed by atoms with Crippen LogP contribution in [0.1, 0.15) is 70.8 Å². The highest BCUT2D eigenvalue weighted by atomic mass is 16.2. The number of pyridine rings is 2. The summed E-state index contributed by atoms with van der Waals surface area (Å²) in [5.74, 6) is 1.73. The highest BCUT2D eigenvalue weighted by molar-refractivity contribution is 5.79. The van der Waals surface area contributed by atoms with Crippen molar-refractivity contribution in [2.24, 2.45) is 0 Å². The number of aryl methyl sites for hydroxylation is 1. The molecule has 6 heteroatoms. The molecule has 0 spiro atoms. The molecule has 0 aromatic carbocycles. The van der Waals surface area contributed by atoms with Gasteiger partial charge < -0.3 is 15.5 Å². The first-order valence-electron chi connectivity index (χ1n) is 11.6. The van der Waals surface area contributed by atoms with Gasteiger partial charge in [-0.15, -0.1) is 0 Å². The molecule has 1 amide bonds. The Bertz CT molecular complexity index is 1030. The Kier molecular flexibility index (Phi) is 6.08. The topological polar surface area (TPSA) is 70.2 Å². The number of carbonyl (C=O) groups is 1. The lowest BCUT2D eigenvalue weighted by molar-refractivity contribution is -0.131. The number of hydrogen-bond acceptors (Lipinski definition) is 5. The maximum Gasteiger partial charge on any atom is 0.227 e. The molecule has 0 saturated carbocycles. The van der Waals surface area contributed by atoms with E-state index in [1.807, 2.05) is 48.2 Å². The molecule has 2 aromatic rings. The summed E-state index contributed by atoms with van der Waals surface area (Å²) < 4.78 is 0. The summed E-state index contributed by atoms with van der Waals surface area (Å²) in [4.78, 5) is 24.7. The van der Waals surface area contributed by atoms with Crippen molar-refractivity contribution in [2.75, 3.05) is 11.9 Å². The van der Waals surface area contributed by atoms with Crippen LogP contribution >= 0.6 is 0 Å². The Morgan fingerprint density at radius 2 is 1.84 bits per heavy atom.